The summed E-state index contributed by atoms with van der Waals surface area (Å²) in [5.41, 5.74) is 0. The van der Waals surface area contributed by atoms with Crippen LogP contribution in [0.25, 0.3) is 0 Å². The average molecular weight is 208 g/mol. The Morgan fingerprint density at radius 3 is 3.27 bits per heavy atom. The first-order valence-electron chi connectivity index (χ1n) is 4.53. The highest BCUT2D eigenvalue weighted by Crippen LogP contribution is 1.92. The van der Waals surface area contributed by atoms with Gasteiger partial charge in [-0.05, 0) is 0 Å². The van der Waals surface area contributed by atoms with Crippen LogP contribution in [-0.4, -0.2) is 29.2 Å². The maximum Gasteiger partial charge on any atom is 0.303 e. The van der Waals surface area contributed by atoms with Gasteiger partial charge in [-0.25, -0.2) is 9.13 Å². The Morgan fingerprint density at radius 1 is 1.80 bits per heavy atom. The molecular formula is C10H14N3O2+. The van der Waals surface area contributed by atoms with Crippen LogP contribution in [0, 0.1) is 12.3 Å². The number of nitrogens with zero attached hydrogens (tertiary/aromatic N) is 3. The summed E-state index contributed by atoms with van der Waals surface area (Å²) in [6, 6.07) is 0. The van der Waals surface area contributed by atoms with Crippen LogP contribution in [-0.2, 0) is 18.3 Å². The monoisotopic (exact) mass is 208 g/mol. The summed E-state index contributed by atoms with van der Waals surface area (Å²) in [6.45, 7) is 1.52. The first-order chi connectivity index (χ1) is 7.29. The Labute approximate surface area is 88.6 Å². The molecule has 0 amide bonds. The zero-order valence-corrected chi connectivity index (χ0v) is 8.63. The number of rotatable bonds is 5. The lowest BCUT2D eigenvalue weighted by molar-refractivity contribution is -0.671. The van der Waals surface area contributed by atoms with Gasteiger partial charge in [-0.15, -0.1) is 6.42 Å². The van der Waals surface area contributed by atoms with E-state index < -0.39 is 0 Å². The minimum atomic E-state index is 0.316. The van der Waals surface area contributed by atoms with Crippen molar-refractivity contribution in [3.63, 3.8) is 0 Å². The summed E-state index contributed by atoms with van der Waals surface area (Å²) >= 11 is 0. The van der Waals surface area contributed by atoms with E-state index in [-0.39, 0.29) is 0 Å². The van der Waals surface area contributed by atoms with Gasteiger partial charge in [-0.3, -0.25) is 0 Å². The van der Waals surface area contributed by atoms with E-state index in [0.29, 0.717) is 19.8 Å². The van der Waals surface area contributed by atoms with Gasteiger partial charge in [-0.1, -0.05) is 11.1 Å². The Bertz CT molecular complexity index is 377. The molecule has 5 heteroatoms. The quantitative estimate of drug-likeness (QED) is 0.181. The zero-order valence-electron chi connectivity index (χ0n) is 8.63. The third-order valence-corrected chi connectivity index (χ3v) is 1.96. The maximum atomic E-state index is 8.48. The van der Waals surface area contributed by atoms with E-state index in [2.05, 4.69) is 11.1 Å². The van der Waals surface area contributed by atoms with Crippen LogP contribution in [0.1, 0.15) is 5.82 Å². The third kappa shape index (κ3) is 3.11. The van der Waals surface area contributed by atoms with Crippen LogP contribution in [0.5, 0.6) is 0 Å². The van der Waals surface area contributed by atoms with E-state index in [1.807, 2.05) is 28.6 Å². The molecule has 0 aromatic carbocycles. The minimum Gasteiger partial charge on any atom is -0.411 e. The van der Waals surface area contributed by atoms with Crippen LogP contribution in [0.4, 0.5) is 0 Å². The van der Waals surface area contributed by atoms with Gasteiger partial charge < -0.3 is 9.94 Å². The van der Waals surface area contributed by atoms with Crippen molar-refractivity contribution in [1.29, 1.82) is 0 Å². The molecule has 1 N–H and O–H groups in total. The Balaban J connectivity index is 2.57. The molecule has 0 aliphatic heterocycles. The normalized spacial score (nSPS) is 10.7. The fourth-order valence-corrected chi connectivity index (χ4v) is 1.24. The van der Waals surface area contributed by atoms with E-state index in [9.17, 15) is 0 Å². The number of ether oxygens (including phenoxy) is 1. The van der Waals surface area contributed by atoms with Gasteiger partial charge in [0.1, 0.15) is 25.5 Å². The fourth-order valence-electron chi connectivity index (χ4n) is 1.24. The molecule has 0 aliphatic carbocycles. The lowest BCUT2D eigenvalue weighted by atomic mass is 10.5. The molecular weight excluding hydrogens is 194 g/mol. The molecule has 0 bridgehead atoms. The predicted octanol–water partition coefficient (Wildman–Crippen LogP) is -0.229. The summed E-state index contributed by atoms with van der Waals surface area (Å²) < 4.78 is 8.92. The maximum absolute atomic E-state index is 8.48. The molecule has 0 spiro atoms. The third-order valence-electron chi connectivity index (χ3n) is 1.96. The molecule has 5 nitrogen and oxygen atoms in total. The molecule has 80 valence electrons. The van der Waals surface area contributed by atoms with Crippen molar-refractivity contribution in [2.75, 3.05) is 13.2 Å². The Kier molecular flexibility index (Phi) is 4.38. The molecule has 0 atom stereocenters. The number of oxime groups is 1. The average Bonchev–Trinajstić information content (AvgIpc) is 2.57. The van der Waals surface area contributed by atoms with Crippen molar-refractivity contribution in [3.05, 3.63) is 18.2 Å². The highest BCUT2D eigenvalue weighted by atomic mass is 16.5. The Morgan fingerprint density at radius 2 is 2.60 bits per heavy atom. The smallest absolute Gasteiger partial charge is 0.303 e. The Hall–Kier alpha value is -1.80. The largest absolute Gasteiger partial charge is 0.411 e. The number of hydrogen-bond donors (Lipinski definition) is 1. The lowest BCUT2D eigenvalue weighted by Gasteiger charge is -1.99. The summed E-state index contributed by atoms with van der Waals surface area (Å²) in [5.74, 6) is 3.19. The molecule has 1 aromatic rings. The van der Waals surface area contributed by atoms with Gasteiger partial charge in [-0.2, -0.15) is 0 Å². The van der Waals surface area contributed by atoms with E-state index in [1.165, 1.54) is 6.21 Å². The molecule has 1 heterocycles. The number of hydrogen-bond acceptors (Lipinski definition) is 3. The molecule has 0 saturated carbocycles. The van der Waals surface area contributed by atoms with Gasteiger partial charge in [0, 0.05) is 0 Å². The zero-order chi connectivity index (χ0) is 11.1. The lowest BCUT2D eigenvalue weighted by Crippen LogP contribution is -2.32. The van der Waals surface area contributed by atoms with E-state index in [1.54, 1.807) is 0 Å². The van der Waals surface area contributed by atoms with Crippen LogP contribution in [0.2, 0.25) is 0 Å². The number of terminal acetylenes is 1. The second-order valence-corrected chi connectivity index (χ2v) is 2.96. The molecule has 0 fully saturated rings. The van der Waals surface area contributed by atoms with Crippen molar-refractivity contribution in [1.82, 2.24) is 4.57 Å². The van der Waals surface area contributed by atoms with E-state index in [4.69, 9.17) is 16.4 Å². The van der Waals surface area contributed by atoms with Gasteiger partial charge >= 0.3 is 5.82 Å². The molecule has 0 radical (unpaired) electrons. The molecule has 1 aromatic heterocycles. The summed E-state index contributed by atoms with van der Waals surface area (Å²) in [5, 5.41) is 11.5. The number of imidazole rings is 1. The predicted molar refractivity (Wildman–Crippen MR) is 54.6 cm³/mol. The van der Waals surface area contributed by atoms with Crippen LogP contribution in [0.15, 0.2) is 17.5 Å². The molecule has 0 aliphatic rings. The van der Waals surface area contributed by atoms with Gasteiger partial charge in [0.25, 0.3) is 0 Å². The second kappa shape index (κ2) is 5.83. The number of aryl methyl sites for hydroxylation is 1. The molecule has 1 rings (SSSR count). The molecule has 0 saturated heterocycles. The SMILES string of the molecule is C#CCOCCn1cc[n+](C)c1/C=N/O. The first kappa shape index (κ1) is 11.3. The van der Waals surface area contributed by atoms with Gasteiger partial charge in [0.15, 0.2) is 6.21 Å². The highest BCUT2D eigenvalue weighted by Gasteiger charge is 2.11. The van der Waals surface area contributed by atoms with Crippen molar-refractivity contribution in [2.24, 2.45) is 12.2 Å². The van der Waals surface area contributed by atoms with Gasteiger partial charge in [0.2, 0.25) is 0 Å². The van der Waals surface area contributed by atoms with E-state index in [0.717, 1.165) is 5.82 Å². The summed E-state index contributed by atoms with van der Waals surface area (Å²) in [7, 11) is 1.87. The van der Waals surface area contributed by atoms with Gasteiger partial charge in [0.05, 0.1) is 13.7 Å². The summed E-state index contributed by atoms with van der Waals surface area (Å²) in [6.07, 6.45) is 10.2. The standard InChI is InChI=1S/C10H13N3O2/c1-3-7-15-8-6-13-5-4-12(2)10(13)9-11-14/h1,4-5,9H,6-8H2,2H3/p+1. The fraction of sp³-hybridized carbons (Fsp3) is 0.400. The van der Waals surface area contributed by atoms with Crippen LogP contribution < -0.4 is 4.57 Å². The topological polar surface area (TPSA) is 50.6 Å². The van der Waals surface area contributed by atoms with Crippen molar-refractivity contribution >= 4 is 6.21 Å². The van der Waals surface area contributed by atoms with Crippen molar-refractivity contribution in [2.45, 2.75) is 6.54 Å². The summed E-state index contributed by atoms with van der Waals surface area (Å²) in [4.78, 5) is 0. The van der Waals surface area contributed by atoms with Crippen LogP contribution in [0.3, 0.4) is 0 Å². The first-order valence-corrected chi connectivity index (χ1v) is 4.53. The second-order valence-electron chi connectivity index (χ2n) is 2.96. The minimum absolute atomic E-state index is 0.316. The van der Waals surface area contributed by atoms with Crippen molar-refractivity contribution in [3.8, 4) is 12.3 Å². The highest BCUT2D eigenvalue weighted by molar-refractivity contribution is 5.72. The number of aromatic nitrogens is 2. The van der Waals surface area contributed by atoms with Crippen molar-refractivity contribution < 1.29 is 14.5 Å². The molecule has 15 heavy (non-hydrogen) atoms. The van der Waals surface area contributed by atoms with E-state index >= 15 is 0 Å². The molecule has 0 unspecified atom stereocenters. The van der Waals surface area contributed by atoms with Crippen LogP contribution >= 0.6 is 0 Å².